The van der Waals surface area contributed by atoms with Gasteiger partial charge in [-0.1, -0.05) is 12.1 Å². The first-order chi connectivity index (χ1) is 14.4. The molecular weight excluding hydrogens is 444 g/mol. The number of nitrogens with zero attached hydrogens (tertiary/aromatic N) is 3. The van der Waals surface area contributed by atoms with E-state index in [-0.39, 0.29) is 22.4 Å². The van der Waals surface area contributed by atoms with E-state index in [1.807, 2.05) is 19.1 Å². The van der Waals surface area contributed by atoms with Crippen molar-refractivity contribution < 1.29 is 17.9 Å². The van der Waals surface area contributed by atoms with Crippen LogP contribution in [0.5, 0.6) is 0 Å². The molecule has 8 nitrogen and oxygen atoms in total. The largest absolute Gasteiger partial charge is 0.378 e. The van der Waals surface area contributed by atoms with E-state index in [2.05, 4.69) is 14.1 Å². The molecule has 158 valence electrons. The fourth-order valence-corrected chi connectivity index (χ4v) is 5.67. The molecule has 1 amide bonds. The fraction of sp³-hybridized carbons (Fsp3) is 0.316. The van der Waals surface area contributed by atoms with Gasteiger partial charge in [-0.05, 0) is 36.8 Å². The van der Waals surface area contributed by atoms with Gasteiger partial charge in [-0.15, -0.1) is 11.3 Å². The lowest BCUT2D eigenvalue weighted by atomic mass is 10.2. The van der Waals surface area contributed by atoms with Crippen molar-refractivity contribution in [2.75, 3.05) is 31.0 Å². The van der Waals surface area contributed by atoms with Crippen LogP contribution in [0.15, 0.2) is 41.3 Å². The maximum Gasteiger partial charge on any atom is 0.263 e. The number of hydrogen-bond donors (Lipinski definition) is 1. The average molecular weight is 465 g/mol. The van der Waals surface area contributed by atoms with E-state index in [1.54, 1.807) is 40.5 Å². The molecule has 1 aliphatic heterocycles. The molecule has 1 fully saturated rings. The highest BCUT2D eigenvalue weighted by molar-refractivity contribution is 7.93. The molecule has 3 aromatic rings. The molecule has 1 aliphatic rings. The number of rotatable bonds is 6. The molecule has 1 N–H and O–H groups in total. The third kappa shape index (κ3) is 4.86. The lowest BCUT2D eigenvalue weighted by Gasteiger charge is -2.26. The van der Waals surface area contributed by atoms with Crippen molar-refractivity contribution in [3.63, 3.8) is 0 Å². The van der Waals surface area contributed by atoms with E-state index < -0.39 is 10.0 Å². The highest BCUT2D eigenvalue weighted by Crippen LogP contribution is 2.29. The summed E-state index contributed by atoms with van der Waals surface area (Å²) in [5.41, 5.74) is 0.965. The molecule has 3 heterocycles. The fourth-order valence-electron chi connectivity index (χ4n) is 2.99. The van der Waals surface area contributed by atoms with Crippen molar-refractivity contribution in [2.45, 2.75) is 18.2 Å². The molecule has 0 spiro atoms. The maximum atomic E-state index is 12.7. The SMILES string of the molecule is Cc1ccc(-c2ccc(S(=O)(=O)Nc3nc(CC(=O)N4CCOCC4)ns3)cc2)s1. The Kier molecular flexibility index (Phi) is 6.14. The number of amides is 1. The Morgan fingerprint density at radius 3 is 2.57 bits per heavy atom. The lowest BCUT2D eigenvalue weighted by Crippen LogP contribution is -2.41. The van der Waals surface area contributed by atoms with Crippen LogP contribution >= 0.6 is 22.9 Å². The predicted molar refractivity (Wildman–Crippen MR) is 116 cm³/mol. The van der Waals surface area contributed by atoms with Crippen LogP contribution in [0.2, 0.25) is 0 Å². The predicted octanol–water partition coefficient (Wildman–Crippen LogP) is 2.78. The van der Waals surface area contributed by atoms with Crippen molar-refractivity contribution in [1.29, 1.82) is 0 Å². The monoisotopic (exact) mass is 464 g/mol. The number of morpholine rings is 1. The number of aromatic nitrogens is 2. The topological polar surface area (TPSA) is 101 Å². The van der Waals surface area contributed by atoms with Gasteiger partial charge in [0, 0.05) is 34.4 Å². The number of thiophene rings is 1. The van der Waals surface area contributed by atoms with E-state index in [1.165, 1.54) is 4.88 Å². The van der Waals surface area contributed by atoms with Crippen LogP contribution in [-0.4, -0.2) is 54.9 Å². The first kappa shape index (κ1) is 20.9. The molecule has 4 rings (SSSR count). The normalized spacial score (nSPS) is 14.6. The summed E-state index contributed by atoms with van der Waals surface area (Å²) in [5, 5.41) is 0.137. The van der Waals surface area contributed by atoms with E-state index in [0.29, 0.717) is 32.1 Å². The molecule has 0 aliphatic carbocycles. The smallest absolute Gasteiger partial charge is 0.263 e. The van der Waals surface area contributed by atoms with E-state index in [9.17, 15) is 13.2 Å². The number of sulfonamides is 1. The van der Waals surface area contributed by atoms with Crippen molar-refractivity contribution in [3.8, 4) is 10.4 Å². The van der Waals surface area contributed by atoms with Gasteiger partial charge in [0.05, 0.1) is 24.5 Å². The number of ether oxygens (including phenoxy) is 1. The average Bonchev–Trinajstić information content (AvgIpc) is 3.37. The second-order valence-corrected chi connectivity index (χ2v) is 10.4. The van der Waals surface area contributed by atoms with Gasteiger partial charge in [-0.2, -0.15) is 4.37 Å². The van der Waals surface area contributed by atoms with Gasteiger partial charge in [0.1, 0.15) is 0 Å². The van der Waals surface area contributed by atoms with Gasteiger partial charge >= 0.3 is 0 Å². The van der Waals surface area contributed by atoms with Crippen LogP contribution in [0.25, 0.3) is 10.4 Å². The van der Waals surface area contributed by atoms with Gasteiger partial charge < -0.3 is 9.64 Å². The number of carbonyl (C=O) groups excluding carboxylic acids is 1. The summed E-state index contributed by atoms with van der Waals surface area (Å²) in [6, 6.07) is 10.7. The van der Waals surface area contributed by atoms with Gasteiger partial charge in [-0.25, -0.2) is 13.4 Å². The Bertz CT molecular complexity index is 1130. The highest BCUT2D eigenvalue weighted by atomic mass is 32.2. The third-order valence-electron chi connectivity index (χ3n) is 4.55. The molecule has 0 saturated carbocycles. The van der Waals surface area contributed by atoms with E-state index >= 15 is 0 Å². The van der Waals surface area contributed by atoms with Crippen molar-refractivity contribution in [2.24, 2.45) is 0 Å². The molecule has 1 aromatic carbocycles. The molecule has 1 saturated heterocycles. The molecule has 11 heteroatoms. The Morgan fingerprint density at radius 2 is 1.90 bits per heavy atom. The highest BCUT2D eigenvalue weighted by Gasteiger charge is 2.21. The van der Waals surface area contributed by atoms with E-state index in [0.717, 1.165) is 22.0 Å². The summed E-state index contributed by atoms with van der Waals surface area (Å²) in [7, 11) is -3.79. The quantitative estimate of drug-likeness (QED) is 0.602. The number of aryl methyl sites for hydroxylation is 1. The van der Waals surface area contributed by atoms with Gasteiger partial charge in [0.15, 0.2) is 5.82 Å². The second-order valence-electron chi connectivity index (χ2n) is 6.73. The van der Waals surface area contributed by atoms with Crippen LogP contribution in [0.1, 0.15) is 10.7 Å². The summed E-state index contributed by atoms with van der Waals surface area (Å²) in [6.07, 6.45) is 0.0349. The van der Waals surface area contributed by atoms with Crippen molar-refractivity contribution in [3.05, 3.63) is 47.1 Å². The minimum Gasteiger partial charge on any atom is -0.378 e. The summed E-state index contributed by atoms with van der Waals surface area (Å²) in [4.78, 5) is 20.6. The van der Waals surface area contributed by atoms with Crippen LogP contribution in [0.4, 0.5) is 5.13 Å². The number of benzene rings is 1. The van der Waals surface area contributed by atoms with Gasteiger partial charge in [-0.3, -0.25) is 9.52 Å². The number of anilines is 1. The summed E-state index contributed by atoms with van der Waals surface area (Å²) in [6.45, 7) is 4.16. The Labute approximate surface area is 182 Å². The van der Waals surface area contributed by atoms with E-state index in [4.69, 9.17) is 4.74 Å². The molecule has 0 radical (unpaired) electrons. The third-order valence-corrected chi connectivity index (χ3v) is 7.75. The summed E-state index contributed by atoms with van der Waals surface area (Å²) in [5.74, 6) is 0.211. The number of hydrogen-bond acceptors (Lipinski definition) is 8. The molecule has 2 aromatic heterocycles. The van der Waals surface area contributed by atoms with Crippen molar-refractivity contribution >= 4 is 43.9 Å². The zero-order valence-electron chi connectivity index (χ0n) is 16.2. The van der Waals surface area contributed by atoms with Crippen molar-refractivity contribution in [1.82, 2.24) is 14.3 Å². The minimum absolute atomic E-state index is 0.0349. The molecular formula is C19H20N4O4S3. The maximum absolute atomic E-state index is 12.7. The van der Waals surface area contributed by atoms with Crippen LogP contribution in [-0.2, 0) is 26.0 Å². The first-order valence-corrected chi connectivity index (χ1v) is 12.4. The summed E-state index contributed by atoms with van der Waals surface area (Å²) >= 11 is 2.57. The standard InChI is InChI=1S/C19H20N4O4S3/c1-13-2-7-16(28-13)14-3-5-15(6-4-14)30(25,26)22-19-20-17(21-29-19)12-18(24)23-8-10-27-11-9-23/h2-7H,8-12H2,1H3,(H,20,21,22). The number of carbonyl (C=O) groups is 1. The van der Waals surface area contributed by atoms with Crippen LogP contribution < -0.4 is 4.72 Å². The zero-order valence-corrected chi connectivity index (χ0v) is 18.6. The molecule has 0 bridgehead atoms. The van der Waals surface area contributed by atoms with Crippen LogP contribution in [0, 0.1) is 6.92 Å². The Hall–Kier alpha value is -2.34. The zero-order chi connectivity index (χ0) is 21.1. The van der Waals surface area contributed by atoms with Gasteiger partial charge in [0.2, 0.25) is 11.0 Å². The summed E-state index contributed by atoms with van der Waals surface area (Å²) < 4.78 is 37.1. The Balaban J connectivity index is 1.41. The lowest BCUT2D eigenvalue weighted by molar-refractivity contribution is -0.134. The molecule has 30 heavy (non-hydrogen) atoms. The number of nitrogens with one attached hydrogen (secondary N) is 1. The minimum atomic E-state index is -3.79. The molecule has 0 atom stereocenters. The Morgan fingerprint density at radius 1 is 1.17 bits per heavy atom. The first-order valence-electron chi connectivity index (χ1n) is 9.28. The second kappa shape index (κ2) is 8.80. The van der Waals surface area contributed by atoms with Crippen LogP contribution in [0.3, 0.4) is 0 Å². The molecule has 0 unspecified atom stereocenters. The van der Waals surface area contributed by atoms with Gasteiger partial charge in [0.25, 0.3) is 10.0 Å².